The molecule has 180 valence electrons. The molecule has 0 saturated carbocycles. The summed E-state index contributed by atoms with van der Waals surface area (Å²) < 4.78 is 10.5. The Morgan fingerprint density at radius 1 is 0.941 bits per heavy atom. The van der Waals surface area contributed by atoms with E-state index in [1.54, 1.807) is 54.7 Å². The average Bonchev–Trinajstić information content (AvgIpc) is 3.27. The summed E-state index contributed by atoms with van der Waals surface area (Å²) in [5.41, 5.74) is 2.71. The van der Waals surface area contributed by atoms with Crippen molar-refractivity contribution in [1.29, 1.82) is 0 Å². The van der Waals surface area contributed by atoms with Gasteiger partial charge in [0, 0.05) is 37.2 Å². The summed E-state index contributed by atoms with van der Waals surface area (Å²) in [6, 6.07) is 19.0. The van der Waals surface area contributed by atoms with Crippen LogP contribution in [0.2, 0.25) is 0 Å². The van der Waals surface area contributed by atoms with Crippen molar-refractivity contribution >= 4 is 23.2 Å². The van der Waals surface area contributed by atoms with E-state index < -0.39 is 0 Å². The zero-order chi connectivity index (χ0) is 24.3. The Hall–Kier alpha value is -3.16. The summed E-state index contributed by atoms with van der Waals surface area (Å²) in [7, 11) is 3.20. The van der Waals surface area contributed by atoms with Crippen molar-refractivity contribution in [2.45, 2.75) is 26.4 Å². The quantitative estimate of drug-likeness (QED) is 0.350. The number of hydrogen-bond acceptors (Lipinski definition) is 5. The molecule has 0 fully saturated rings. The normalized spacial score (nSPS) is 10.7. The van der Waals surface area contributed by atoms with Gasteiger partial charge in [0.1, 0.15) is 12.3 Å². The number of amides is 2. The average molecular weight is 481 g/mol. The van der Waals surface area contributed by atoms with E-state index in [1.165, 1.54) is 5.56 Å². The molecule has 1 heterocycles. The van der Waals surface area contributed by atoms with E-state index in [9.17, 15) is 9.59 Å². The lowest BCUT2D eigenvalue weighted by atomic mass is 10.1. The number of carbonyl (C=O) groups excluding carboxylic acids is 2. The van der Waals surface area contributed by atoms with Crippen molar-refractivity contribution < 1.29 is 19.1 Å². The first-order chi connectivity index (χ1) is 16.5. The number of benzene rings is 2. The second-order valence-electron chi connectivity index (χ2n) is 8.07. The molecule has 1 aromatic heterocycles. The van der Waals surface area contributed by atoms with Crippen LogP contribution in [0, 0.1) is 6.92 Å². The van der Waals surface area contributed by atoms with Gasteiger partial charge in [-0.3, -0.25) is 9.59 Å². The van der Waals surface area contributed by atoms with E-state index in [4.69, 9.17) is 9.47 Å². The summed E-state index contributed by atoms with van der Waals surface area (Å²) in [6.45, 7) is 3.98. The molecule has 2 aromatic carbocycles. The number of nitrogens with zero attached hydrogens (tertiary/aromatic N) is 2. The zero-order valence-electron chi connectivity index (χ0n) is 20.0. The van der Waals surface area contributed by atoms with E-state index in [2.05, 4.69) is 13.0 Å². The lowest BCUT2D eigenvalue weighted by Crippen LogP contribution is -2.43. The van der Waals surface area contributed by atoms with Crippen LogP contribution in [0.3, 0.4) is 0 Å². The molecule has 0 aliphatic heterocycles. The van der Waals surface area contributed by atoms with Crippen LogP contribution in [0.15, 0.2) is 66.0 Å². The second kappa shape index (κ2) is 12.9. The number of thiophene rings is 1. The van der Waals surface area contributed by atoms with E-state index in [0.29, 0.717) is 44.0 Å². The Morgan fingerprint density at radius 3 is 2.41 bits per heavy atom. The third kappa shape index (κ3) is 7.17. The van der Waals surface area contributed by atoms with Crippen LogP contribution < -0.4 is 4.74 Å². The zero-order valence-corrected chi connectivity index (χ0v) is 20.8. The molecule has 3 aromatic rings. The summed E-state index contributed by atoms with van der Waals surface area (Å²) in [5.74, 6) is 0.313. The maximum absolute atomic E-state index is 13.6. The molecule has 6 nitrogen and oxygen atoms in total. The molecule has 0 atom stereocenters. The van der Waals surface area contributed by atoms with E-state index in [0.717, 1.165) is 10.4 Å². The number of rotatable bonds is 12. The Morgan fingerprint density at radius 2 is 1.74 bits per heavy atom. The van der Waals surface area contributed by atoms with Crippen LogP contribution in [-0.4, -0.2) is 55.5 Å². The van der Waals surface area contributed by atoms with Crippen LogP contribution in [0.25, 0.3) is 0 Å². The number of hydrogen-bond donors (Lipinski definition) is 0. The first kappa shape index (κ1) is 25.5. The van der Waals surface area contributed by atoms with Crippen LogP contribution in [0.5, 0.6) is 5.75 Å². The third-order valence-corrected chi connectivity index (χ3v) is 6.59. The van der Waals surface area contributed by atoms with Crippen molar-refractivity contribution in [2.75, 3.05) is 33.9 Å². The Balaban J connectivity index is 1.82. The molecule has 2 amide bonds. The summed E-state index contributed by atoms with van der Waals surface area (Å²) in [6.07, 6.45) is 0.641. The van der Waals surface area contributed by atoms with Crippen LogP contribution >= 0.6 is 11.3 Å². The minimum atomic E-state index is -0.199. The van der Waals surface area contributed by atoms with Gasteiger partial charge in [0.25, 0.3) is 5.91 Å². The Bertz CT molecular complexity index is 1070. The molecule has 7 heteroatoms. The Kier molecular flexibility index (Phi) is 9.67. The molecule has 3 rings (SSSR count). The van der Waals surface area contributed by atoms with Gasteiger partial charge in [0.15, 0.2) is 0 Å². The van der Waals surface area contributed by atoms with Gasteiger partial charge in [-0.25, -0.2) is 0 Å². The van der Waals surface area contributed by atoms with Gasteiger partial charge in [-0.05, 0) is 54.1 Å². The fraction of sp³-hybridized carbons (Fsp3) is 0.333. The first-order valence-corrected chi connectivity index (χ1v) is 12.2. The van der Waals surface area contributed by atoms with Crippen molar-refractivity contribution in [3.8, 4) is 5.75 Å². The van der Waals surface area contributed by atoms with Gasteiger partial charge in [0.2, 0.25) is 5.91 Å². The maximum Gasteiger partial charge on any atom is 0.254 e. The van der Waals surface area contributed by atoms with Crippen molar-refractivity contribution in [3.63, 3.8) is 0 Å². The predicted octanol–water partition coefficient (Wildman–Crippen LogP) is 4.77. The highest BCUT2D eigenvalue weighted by molar-refractivity contribution is 7.10. The largest absolute Gasteiger partial charge is 0.497 e. The van der Waals surface area contributed by atoms with E-state index >= 15 is 0 Å². The second-order valence-corrected chi connectivity index (χ2v) is 9.07. The van der Waals surface area contributed by atoms with Gasteiger partial charge >= 0.3 is 0 Å². The molecular weight excluding hydrogens is 448 g/mol. The molecule has 0 aliphatic rings. The van der Waals surface area contributed by atoms with Gasteiger partial charge < -0.3 is 19.3 Å². The fourth-order valence-corrected chi connectivity index (χ4v) is 4.55. The SMILES string of the molecule is COCCCN(CC(=O)N(Cc1ccccc1)Cc1sccc1C)C(=O)c1cccc(OC)c1. The molecule has 0 N–H and O–H groups in total. The van der Waals surface area contributed by atoms with Crippen LogP contribution in [0.1, 0.15) is 32.8 Å². The number of methoxy groups -OCH3 is 2. The van der Waals surface area contributed by atoms with Crippen LogP contribution in [0.4, 0.5) is 0 Å². The molecule has 0 unspecified atom stereocenters. The maximum atomic E-state index is 13.6. The van der Waals surface area contributed by atoms with Crippen molar-refractivity contribution in [3.05, 3.63) is 87.6 Å². The van der Waals surface area contributed by atoms with Crippen molar-refractivity contribution in [2.24, 2.45) is 0 Å². The Labute approximate surface area is 205 Å². The molecule has 34 heavy (non-hydrogen) atoms. The molecule has 0 spiro atoms. The fourth-order valence-electron chi connectivity index (χ4n) is 3.63. The van der Waals surface area contributed by atoms with Gasteiger partial charge in [0.05, 0.1) is 13.7 Å². The third-order valence-electron chi connectivity index (χ3n) is 5.58. The van der Waals surface area contributed by atoms with E-state index in [-0.39, 0.29) is 18.4 Å². The highest BCUT2D eigenvalue weighted by Crippen LogP contribution is 2.20. The lowest BCUT2D eigenvalue weighted by Gasteiger charge is -2.28. The topological polar surface area (TPSA) is 59.1 Å². The number of carbonyl (C=O) groups is 2. The smallest absolute Gasteiger partial charge is 0.254 e. The molecule has 0 radical (unpaired) electrons. The number of ether oxygens (including phenoxy) is 2. The lowest BCUT2D eigenvalue weighted by molar-refractivity contribution is -0.133. The molecular formula is C27H32N2O4S. The summed E-state index contributed by atoms with van der Waals surface area (Å²) >= 11 is 1.64. The summed E-state index contributed by atoms with van der Waals surface area (Å²) in [4.78, 5) is 31.5. The highest BCUT2D eigenvalue weighted by Gasteiger charge is 2.23. The van der Waals surface area contributed by atoms with Gasteiger partial charge in [-0.15, -0.1) is 11.3 Å². The number of aryl methyl sites for hydroxylation is 1. The molecule has 0 saturated heterocycles. The van der Waals surface area contributed by atoms with Crippen LogP contribution in [-0.2, 0) is 22.6 Å². The highest BCUT2D eigenvalue weighted by atomic mass is 32.1. The van der Waals surface area contributed by atoms with E-state index in [1.807, 2.05) is 40.6 Å². The van der Waals surface area contributed by atoms with Crippen molar-refractivity contribution in [1.82, 2.24) is 9.80 Å². The minimum Gasteiger partial charge on any atom is -0.497 e. The monoisotopic (exact) mass is 480 g/mol. The standard InChI is InChI=1S/C27H32N2O4S/c1-21-13-16-34-25(21)19-29(18-22-9-5-4-6-10-22)26(30)20-28(14-8-15-32-2)27(31)23-11-7-12-24(17-23)33-3/h4-7,9-13,16-17H,8,14-15,18-20H2,1-3H3. The summed E-state index contributed by atoms with van der Waals surface area (Å²) in [5, 5.41) is 2.04. The first-order valence-electron chi connectivity index (χ1n) is 11.3. The predicted molar refractivity (Wildman–Crippen MR) is 135 cm³/mol. The molecule has 0 aliphatic carbocycles. The molecule has 0 bridgehead atoms. The van der Waals surface area contributed by atoms with Gasteiger partial charge in [-0.2, -0.15) is 0 Å². The van der Waals surface area contributed by atoms with Gasteiger partial charge in [-0.1, -0.05) is 36.4 Å². The minimum absolute atomic E-state index is 0.00296.